The van der Waals surface area contributed by atoms with Gasteiger partial charge in [-0.15, -0.1) is 5.10 Å². The maximum absolute atomic E-state index is 13.3. The Morgan fingerprint density at radius 2 is 1.61 bits per heavy atom. The summed E-state index contributed by atoms with van der Waals surface area (Å²) in [7, 11) is 6.97. The van der Waals surface area contributed by atoms with E-state index in [-0.39, 0.29) is 36.3 Å². The molecule has 6 rings (SSSR count). The number of carbonyl (C=O) groups excluding carboxylic acids is 3. The molecule has 12 nitrogen and oxygen atoms in total. The number of amides is 3. The van der Waals surface area contributed by atoms with E-state index in [0.717, 1.165) is 41.5 Å². The average Bonchev–Trinajstić information content (AvgIpc) is 3.56. The Morgan fingerprint density at radius 3 is 2.11 bits per heavy atom. The van der Waals surface area contributed by atoms with Crippen LogP contribution in [0.1, 0.15) is 80.9 Å². The van der Waals surface area contributed by atoms with E-state index in [2.05, 4.69) is 32.0 Å². The van der Waals surface area contributed by atoms with Crippen LogP contribution in [0.25, 0.3) is 0 Å². The number of H-pyrrole nitrogens is 1. The molecule has 46 heavy (non-hydrogen) atoms. The number of hydrogen-bond donors (Lipinski definition) is 2. The first kappa shape index (κ1) is 31.4. The van der Waals surface area contributed by atoms with Crippen LogP contribution in [0.2, 0.25) is 0 Å². The molecule has 0 radical (unpaired) electrons. The quantitative estimate of drug-likeness (QED) is 0.369. The molecule has 2 heterocycles. The maximum Gasteiger partial charge on any atom is 0.253 e. The SMILES string of the molecule is CN(C)C(=O)c1ccc2c(c1)CCc1cc(C(=O)N(C)C)ccc1C2(C[C@H](NCC(=O)N1CCCC1C#N)C1CC1)c1nnn[nH]1. The monoisotopic (exact) mass is 623 g/mol. The first-order valence-electron chi connectivity index (χ1n) is 16.0. The van der Waals surface area contributed by atoms with Crippen LogP contribution in [0.15, 0.2) is 36.4 Å². The van der Waals surface area contributed by atoms with E-state index in [1.807, 2.05) is 36.4 Å². The molecule has 2 fully saturated rings. The molecule has 2 atom stereocenters. The van der Waals surface area contributed by atoms with Crippen LogP contribution in [-0.4, -0.2) is 106 Å². The number of aromatic amines is 1. The normalized spacial score (nSPS) is 18.9. The van der Waals surface area contributed by atoms with Crippen molar-refractivity contribution in [3.8, 4) is 6.07 Å². The lowest BCUT2D eigenvalue weighted by molar-refractivity contribution is -0.130. The minimum atomic E-state index is -0.865. The van der Waals surface area contributed by atoms with Crippen molar-refractivity contribution in [2.75, 3.05) is 41.3 Å². The Balaban J connectivity index is 1.47. The number of benzene rings is 2. The highest BCUT2D eigenvalue weighted by molar-refractivity contribution is 5.95. The Morgan fingerprint density at radius 1 is 1.00 bits per heavy atom. The summed E-state index contributed by atoms with van der Waals surface area (Å²) in [4.78, 5) is 44.3. The van der Waals surface area contributed by atoms with Crippen molar-refractivity contribution < 1.29 is 14.4 Å². The third-order valence-corrected chi connectivity index (χ3v) is 9.80. The Hall–Kier alpha value is -4.63. The first-order chi connectivity index (χ1) is 22.1. The molecule has 2 aliphatic carbocycles. The minimum absolute atomic E-state index is 0.0644. The Bertz CT molecular complexity index is 1600. The number of aromatic nitrogens is 4. The van der Waals surface area contributed by atoms with E-state index in [1.54, 1.807) is 42.9 Å². The second kappa shape index (κ2) is 12.6. The third-order valence-electron chi connectivity index (χ3n) is 9.80. The highest BCUT2D eigenvalue weighted by Gasteiger charge is 2.48. The fraction of sp³-hybridized carbons (Fsp3) is 0.500. The lowest BCUT2D eigenvalue weighted by Gasteiger charge is -2.38. The molecule has 1 saturated heterocycles. The van der Waals surface area contributed by atoms with Gasteiger partial charge in [-0.05, 0) is 108 Å². The molecule has 3 aromatic rings. The number of nitrogens with one attached hydrogen (secondary N) is 2. The van der Waals surface area contributed by atoms with Crippen molar-refractivity contribution in [2.45, 2.75) is 62.4 Å². The number of aryl methyl sites for hydroxylation is 2. The van der Waals surface area contributed by atoms with Crippen LogP contribution in [0.3, 0.4) is 0 Å². The molecule has 2 N–H and O–H groups in total. The van der Waals surface area contributed by atoms with Crippen molar-refractivity contribution in [3.63, 3.8) is 0 Å². The standard InChI is InChI=1S/C34H41N9O3/c1-41(2)31(45)24-11-13-27-22(16-24)9-10-23-17-25(32(46)42(3)4)12-14-28(23)34(27,33-37-39-40-38-33)18-29(21-7-8-21)36-20-30(44)43-15-5-6-26(43)19-35/h11-14,16-17,21,26,29,36H,5-10,15,18,20H2,1-4H3,(H,37,38,39,40)/t26?,29-/m0/s1. The smallest absolute Gasteiger partial charge is 0.253 e. The number of nitrogens with zero attached hydrogens (tertiary/aromatic N) is 7. The van der Waals surface area contributed by atoms with Crippen molar-refractivity contribution in [3.05, 3.63) is 75.6 Å². The summed E-state index contributed by atoms with van der Waals surface area (Å²) >= 11 is 0. The topological polar surface area (TPSA) is 151 Å². The zero-order valence-corrected chi connectivity index (χ0v) is 26.9. The lowest BCUT2D eigenvalue weighted by Crippen LogP contribution is -2.47. The molecule has 3 aliphatic rings. The van der Waals surface area contributed by atoms with Gasteiger partial charge in [0, 0.05) is 51.9 Å². The number of rotatable bonds is 9. The highest BCUT2D eigenvalue weighted by Crippen LogP contribution is 2.49. The van der Waals surface area contributed by atoms with Gasteiger partial charge < -0.3 is 20.0 Å². The minimum Gasteiger partial charge on any atom is -0.345 e. The van der Waals surface area contributed by atoms with Crippen molar-refractivity contribution in [1.29, 1.82) is 5.26 Å². The number of tetrazole rings is 1. The summed E-state index contributed by atoms with van der Waals surface area (Å²) in [5.41, 5.74) is 4.35. The van der Waals surface area contributed by atoms with E-state index in [1.165, 1.54) is 0 Å². The molecule has 1 saturated carbocycles. The molecule has 240 valence electrons. The summed E-state index contributed by atoms with van der Waals surface area (Å²) in [5.74, 6) is 0.696. The van der Waals surface area contributed by atoms with Crippen molar-refractivity contribution in [2.24, 2.45) is 5.92 Å². The van der Waals surface area contributed by atoms with Crippen LogP contribution in [0.4, 0.5) is 0 Å². The van der Waals surface area contributed by atoms with Gasteiger partial charge >= 0.3 is 0 Å². The van der Waals surface area contributed by atoms with Gasteiger partial charge in [0.2, 0.25) is 5.91 Å². The van der Waals surface area contributed by atoms with Gasteiger partial charge in [-0.2, -0.15) is 5.26 Å². The van der Waals surface area contributed by atoms with Crippen LogP contribution < -0.4 is 5.32 Å². The Labute approximate surface area is 269 Å². The van der Waals surface area contributed by atoms with Gasteiger partial charge in [-0.25, -0.2) is 5.10 Å². The number of fused-ring (bicyclic) bond motifs is 2. The van der Waals surface area contributed by atoms with E-state index in [4.69, 9.17) is 0 Å². The van der Waals surface area contributed by atoms with E-state index < -0.39 is 5.41 Å². The lowest BCUT2D eigenvalue weighted by atomic mass is 9.67. The zero-order chi connectivity index (χ0) is 32.6. The van der Waals surface area contributed by atoms with Crippen LogP contribution in [-0.2, 0) is 23.1 Å². The number of nitriles is 1. The molecule has 12 heteroatoms. The second-order valence-corrected chi connectivity index (χ2v) is 13.2. The van der Waals surface area contributed by atoms with Crippen LogP contribution >= 0.6 is 0 Å². The van der Waals surface area contributed by atoms with Gasteiger partial charge in [0.15, 0.2) is 5.82 Å². The molecule has 1 unspecified atom stereocenters. The van der Waals surface area contributed by atoms with Gasteiger partial charge in [0.25, 0.3) is 11.8 Å². The maximum atomic E-state index is 13.3. The molecular weight excluding hydrogens is 582 g/mol. The molecule has 0 spiro atoms. The van der Waals surface area contributed by atoms with Gasteiger partial charge in [0.1, 0.15) is 6.04 Å². The number of carbonyl (C=O) groups is 3. The fourth-order valence-corrected chi connectivity index (χ4v) is 7.30. The van der Waals surface area contributed by atoms with Crippen molar-refractivity contribution >= 4 is 17.7 Å². The molecule has 1 aromatic heterocycles. The third kappa shape index (κ3) is 5.75. The molecule has 2 aromatic carbocycles. The molecule has 3 amide bonds. The van der Waals surface area contributed by atoms with E-state index in [0.29, 0.717) is 55.1 Å². The first-order valence-corrected chi connectivity index (χ1v) is 16.0. The molecule has 0 bridgehead atoms. The largest absolute Gasteiger partial charge is 0.345 e. The number of hydrogen-bond acceptors (Lipinski definition) is 8. The predicted molar refractivity (Wildman–Crippen MR) is 170 cm³/mol. The summed E-state index contributed by atoms with van der Waals surface area (Å²) in [6, 6.07) is 13.6. The predicted octanol–water partition coefficient (Wildman–Crippen LogP) is 2.31. The summed E-state index contributed by atoms with van der Waals surface area (Å²) in [5, 5.41) is 28.8. The summed E-state index contributed by atoms with van der Waals surface area (Å²) in [6.45, 7) is 0.736. The number of likely N-dealkylation sites (tertiary alicyclic amines) is 1. The highest BCUT2D eigenvalue weighted by atomic mass is 16.2. The fourth-order valence-electron chi connectivity index (χ4n) is 7.30. The van der Waals surface area contributed by atoms with E-state index in [9.17, 15) is 19.6 Å². The van der Waals surface area contributed by atoms with Crippen LogP contribution in [0, 0.1) is 17.2 Å². The Kier molecular flexibility index (Phi) is 8.61. The average molecular weight is 624 g/mol. The van der Waals surface area contributed by atoms with Crippen LogP contribution in [0.5, 0.6) is 0 Å². The van der Waals surface area contributed by atoms with E-state index >= 15 is 0 Å². The van der Waals surface area contributed by atoms with Crippen molar-refractivity contribution in [1.82, 2.24) is 40.6 Å². The molecule has 1 aliphatic heterocycles. The zero-order valence-electron chi connectivity index (χ0n) is 26.9. The van der Waals surface area contributed by atoms with Gasteiger partial charge in [-0.1, -0.05) is 12.1 Å². The second-order valence-electron chi connectivity index (χ2n) is 13.2. The van der Waals surface area contributed by atoms with Gasteiger partial charge in [-0.3, -0.25) is 14.4 Å². The summed E-state index contributed by atoms with van der Waals surface area (Å²) < 4.78 is 0. The molecular formula is C34H41N9O3. The van der Waals surface area contributed by atoms with Gasteiger partial charge in [0.05, 0.1) is 18.0 Å². The summed E-state index contributed by atoms with van der Waals surface area (Å²) in [6.07, 6.45) is 5.47.